The zero-order valence-corrected chi connectivity index (χ0v) is 8.44. The Balaban J connectivity index is 2.06. The molecule has 0 aromatic heterocycles. The monoisotopic (exact) mass is 185 g/mol. The van der Waals surface area contributed by atoms with Gasteiger partial charge in [-0.1, -0.05) is 0 Å². The maximum absolute atomic E-state index is 9.55. The molecule has 1 N–H and O–H groups in total. The van der Waals surface area contributed by atoms with Crippen LogP contribution in [0.5, 0.6) is 0 Å². The number of fused-ring (bicyclic) bond motifs is 2. The van der Waals surface area contributed by atoms with E-state index in [1.54, 1.807) is 0 Å². The van der Waals surface area contributed by atoms with Crippen LogP contribution < -0.4 is 0 Å². The summed E-state index contributed by atoms with van der Waals surface area (Å²) in [5.41, 5.74) is 0. The summed E-state index contributed by atoms with van der Waals surface area (Å²) < 4.78 is 5.49. The molecule has 3 nitrogen and oxygen atoms in total. The number of ether oxygens (including phenoxy) is 1. The summed E-state index contributed by atoms with van der Waals surface area (Å²) in [4.78, 5) is 2.45. The molecule has 2 rings (SSSR count). The van der Waals surface area contributed by atoms with Crippen molar-refractivity contribution in [1.29, 1.82) is 0 Å². The van der Waals surface area contributed by atoms with Crippen LogP contribution in [0.2, 0.25) is 0 Å². The highest BCUT2D eigenvalue weighted by Crippen LogP contribution is 2.31. The number of hydrogen-bond acceptors (Lipinski definition) is 3. The molecule has 0 aromatic rings. The van der Waals surface area contributed by atoms with Crippen molar-refractivity contribution in [3.8, 4) is 0 Å². The fraction of sp³-hybridized carbons (Fsp3) is 1.00. The normalized spacial score (nSPS) is 39.0. The summed E-state index contributed by atoms with van der Waals surface area (Å²) in [6.07, 6.45) is 2.24. The van der Waals surface area contributed by atoms with E-state index in [0.29, 0.717) is 12.1 Å². The highest BCUT2D eigenvalue weighted by atomic mass is 16.5. The molecule has 0 aliphatic carbocycles. The van der Waals surface area contributed by atoms with Crippen molar-refractivity contribution >= 4 is 0 Å². The Morgan fingerprint density at radius 2 is 1.77 bits per heavy atom. The molecular weight excluding hydrogens is 166 g/mol. The molecule has 2 fully saturated rings. The molecule has 2 bridgehead atoms. The van der Waals surface area contributed by atoms with E-state index in [1.807, 2.05) is 6.92 Å². The zero-order chi connectivity index (χ0) is 9.42. The van der Waals surface area contributed by atoms with Gasteiger partial charge in [-0.3, -0.25) is 4.90 Å². The first-order valence-corrected chi connectivity index (χ1v) is 5.23. The molecule has 4 atom stereocenters. The molecule has 0 amide bonds. The third-order valence-corrected chi connectivity index (χ3v) is 3.47. The van der Waals surface area contributed by atoms with E-state index in [2.05, 4.69) is 11.8 Å². The van der Waals surface area contributed by atoms with Crippen LogP contribution >= 0.6 is 0 Å². The molecule has 2 aliphatic rings. The number of rotatable bonds is 2. The smallest absolute Gasteiger partial charge is 0.0664 e. The van der Waals surface area contributed by atoms with Gasteiger partial charge in [0.15, 0.2) is 0 Å². The Morgan fingerprint density at radius 1 is 1.23 bits per heavy atom. The van der Waals surface area contributed by atoms with Crippen LogP contribution in [0.25, 0.3) is 0 Å². The number of aliphatic hydroxyl groups is 1. The fourth-order valence-electron chi connectivity index (χ4n) is 2.57. The van der Waals surface area contributed by atoms with Crippen molar-refractivity contribution in [2.45, 2.75) is 50.9 Å². The molecule has 3 heteroatoms. The van der Waals surface area contributed by atoms with Crippen LogP contribution in [0, 0.1) is 0 Å². The summed E-state index contributed by atoms with van der Waals surface area (Å²) in [6, 6.07) is 1.40. The first-order chi connectivity index (χ1) is 6.20. The Morgan fingerprint density at radius 3 is 2.23 bits per heavy atom. The van der Waals surface area contributed by atoms with Crippen LogP contribution in [0.3, 0.4) is 0 Å². The molecule has 2 heterocycles. The first kappa shape index (κ1) is 9.44. The summed E-state index contributed by atoms with van der Waals surface area (Å²) in [5, 5.41) is 9.55. The van der Waals surface area contributed by atoms with Gasteiger partial charge in [-0.15, -0.1) is 0 Å². The van der Waals surface area contributed by atoms with Gasteiger partial charge in [0.2, 0.25) is 0 Å². The molecule has 76 valence electrons. The van der Waals surface area contributed by atoms with Crippen molar-refractivity contribution in [3.63, 3.8) is 0 Å². The van der Waals surface area contributed by atoms with E-state index in [4.69, 9.17) is 4.74 Å². The molecule has 0 aromatic carbocycles. The lowest BCUT2D eigenvalue weighted by Gasteiger charge is -2.40. The van der Waals surface area contributed by atoms with Crippen molar-refractivity contribution < 1.29 is 9.84 Å². The van der Waals surface area contributed by atoms with Gasteiger partial charge in [-0.25, -0.2) is 0 Å². The van der Waals surface area contributed by atoms with Crippen molar-refractivity contribution in [2.75, 3.05) is 13.2 Å². The van der Waals surface area contributed by atoms with Crippen LogP contribution in [-0.4, -0.2) is 47.4 Å². The quantitative estimate of drug-likeness (QED) is 0.684. The SMILES string of the molecule is CC(O)C(C)N1C2CCC1COC2. The van der Waals surface area contributed by atoms with Crippen molar-refractivity contribution in [3.05, 3.63) is 0 Å². The average molecular weight is 185 g/mol. The highest BCUT2D eigenvalue weighted by molar-refractivity contribution is 4.94. The number of nitrogens with zero attached hydrogens (tertiary/aromatic N) is 1. The minimum atomic E-state index is -0.235. The summed E-state index contributed by atoms with van der Waals surface area (Å²) >= 11 is 0. The minimum Gasteiger partial charge on any atom is -0.392 e. The Hall–Kier alpha value is -0.120. The second kappa shape index (κ2) is 3.56. The number of aliphatic hydroxyl groups excluding tert-OH is 1. The average Bonchev–Trinajstić information content (AvgIpc) is 2.34. The minimum absolute atomic E-state index is 0.235. The first-order valence-electron chi connectivity index (χ1n) is 5.23. The molecule has 0 spiro atoms. The maximum atomic E-state index is 9.55. The molecule has 2 aliphatic heterocycles. The lowest BCUT2D eigenvalue weighted by Crippen LogP contribution is -2.53. The van der Waals surface area contributed by atoms with Crippen LogP contribution in [0.1, 0.15) is 26.7 Å². The van der Waals surface area contributed by atoms with E-state index in [1.165, 1.54) is 12.8 Å². The van der Waals surface area contributed by atoms with Crippen molar-refractivity contribution in [1.82, 2.24) is 4.90 Å². The van der Waals surface area contributed by atoms with Gasteiger partial charge in [0, 0.05) is 18.1 Å². The molecule has 13 heavy (non-hydrogen) atoms. The predicted molar refractivity (Wildman–Crippen MR) is 50.6 cm³/mol. The topological polar surface area (TPSA) is 32.7 Å². The number of hydrogen-bond donors (Lipinski definition) is 1. The molecule has 2 saturated heterocycles. The summed E-state index contributed by atoms with van der Waals surface area (Å²) in [5.74, 6) is 0. The molecule has 0 radical (unpaired) electrons. The van der Waals surface area contributed by atoms with Gasteiger partial charge in [0.05, 0.1) is 19.3 Å². The summed E-state index contributed by atoms with van der Waals surface area (Å²) in [6.45, 7) is 5.70. The van der Waals surface area contributed by atoms with Gasteiger partial charge in [0.1, 0.15) is 0 Å². The Kier molecular flexibility index (Phi) is 2.58. The number of morpholine rings is 1. The van der Waals surface area contributed by atoms with Gasteiger partial charge < -0.3 is 9.84 Å². The predicted octanol–water partition coefficient (Wildman–Crippen LogP) is 0.619. The lowest BCUT2D eigenvalue weighted by molar-refractivity contribution is -0.0574. The lowest BCUT2D eigenvalue weighted by atomic mass is 10.1. The molecule has 0 saturated carbocycles. The Bertz CT molecular complexity index is 168. The Labute approximate surface area is 79.7 Å². The van der Waals surface area contributed by atoms with E-state index in [9.17, 15) is 5.11 Å². The van der Waals surface area contributed by atoms with Gasteiger partial charge >= 0.3 is 0 Å². The van der Waals surface area contributed by atoms with Crippen LogP contribution in [-0.2, 0) is 4.74 Å². The van der Waals surface area contributed by atoms with E-state index >= 15 is 0 Å². The third-order valence-electron chi connectivity index (χ3n) is 3.47. The second-order valence-corrected chi connectivity index (χ2v) is 4.35. The van der Waals surface area contributed by atoms with Crippen LogP contribution in [0.4, 0.5) is 0 Å². The summed E-state index contributed by atoms with van der Waals surface area (Å²) in [7, 11) is 0. The second-order valence-electron chi connectivity index (χ2n) is 4.35. The van der Waals surface area contributed by atoms with E-state index < -0.39 is 0 Å². The maximum Gasteiger partial charge on any atom is 0.0664 e. The van der Waals surface area contributed by atoms with E-state index in [-0.39, 0.29) is 12.1 Å². The van der Waals surface area contributed by atoms with Gasteiger partial charge in [-0.05, 0) is 26.7 Å². The molecular formula is C10H19NO2. The largest absolute Gasteiger partial charge is 0.392 e. The van der Waals surface area contributed by atoms with Crippen molar-refractivity contribution in [2.24, 2.45) is 0 Å². The van der Waals surface area contributed by atoms with E-state index in [0.717, 1.165) is 13.2 Å². The van der Waals surface area contributed by atoms with Gasteiger partial charge in [-0.2, -0.15) is 0 Å². The third kappa shape index (κ3) is 1.60. The zero-order valence-electron chi connectivity index (χ0n) is 8.44. The highest BCUT2D eigenvalue weighted by Gasteiger charge is 2.40. The standard InChI is InChI=1S/C10H19NO2/c1-7(8(2)12)11-9-3-4-10(11)6-13-5-9/h7-10,12H,3-6H2,1-2H3. The van der Waals surface area contributed by atoms with Crippen LogP contribution in [0.15, 0.2) is 0 Å². The molecule has 4 unspecified atom stereocenters. The van der Waals surface area contributed by atoms with Gasteiger partial charge in [0.25, 0.3) is 0 Å². The fourth-order valence-corrected chi connectivity index (χ4v) is 2.57.